The van der Waals surface area contributed by atoms with E-state index in [1.165, 1.54) is 23.0 Å². The van der Waals surface area contributed by atoms with Crippen molar-refractivity contribution in [1.82, 2.24) is 19.6 Å². The number of aromatic nitrogens is 4. The summed E-state index contributed by atoms with van der Waals surface area (Å²) in [7, 11) is 0. The average molecular weight is 585 g/mol. The van der Waals surface area contributed by atoms with Gasteiger partial charge in [0, 0.05) is 16.2 Å². The lowest BCUT2D eigenvalue weighted by Gasteiger charge is -2.05. The van der Waals surface area contributed by atoms with E-state index in [0.29, 0.717) is 20.3 Å². The predicted octanol–water partition coefficient (Wildman–Crippen LogP) is 7.51. The summed E-state index contributed by atoms with van der Waals surface area (Å²) in [4.78, 5) is 12.6. The van der Waals surface area contributed by atoms with Gasteiger partial charge in [-0.1, -0.05) is 52.5 Å². The average Bonchev–Trinajstić information content (AvgIpc) is 3.48. The van der Waals surface area contributed by atoms with Crippen LogP contribution in [0.2, 0.25) is 20.1 Å². The van der Waals surface area contributed by atoms with Gasteiger partial charge in [-0.25, -0.2) is 17.6 Å². The van der Waals surface area contributed by atoms with Crippen LogP contribution in [0.5, 0.6) is 0 Å². The standard InChI is InChI=1S/C21H13Cl4F4N5O2/c22-10-2-1-9(12(23)5-10)6-33-8-13(24)20(32-33)30-21(35)14-4-3-11(36-14)7-34-17(19(28)29)15(25)16(31-34)18(26)27/h1-5,8,18-19H,6-7H2,(H,30,32,35). The van der Waals surface area contributed by atoms with Gasteiger partial charge in [0.15, 0.2) is 11.6 Å². The lowest BCUT2D eigenvalue weighted by Crippen LogP contribution is -2.12. The molecule has 0 fully saturated rings. The highest BCUT2D eigenvalue weighted by Crippen LogP contribution is 2.35. The van der Waals surface area contributed by atoms with E-state index >= 15 is 0 Å². The Morgan fingerprint density at radius 2 is 1.72 bits per heavy atom. The molecule has 4 rings (SSSR count). The number of rotatable bonds is 8. The van der Waals surface area contributed by atoms with E-state index in [0.717, 1.165) is 0 Å². The summed E-state index contributed by atoms with van der Waals surface area (Å²) in [5, 5.41) is 10.3. The summed E-state index contributed by atoms with van der Waals surface area (Å²) >= 11 is 23.9. The summed E-state index contributed by atoms with van der Waals surface area (Å²) in [6.45, 7) is -0.216. The van der Waals surface area contributed by atoms with Gasteiger partial charge in [-0.15, -0.1) is 0 Å². The van der Waals surface area contributed by atoms with Crippen molar-refractivity contribution < 1.29 is 26.8 Å². The van der Waals surface area contributed by atoms with Gasteiger partial charge in [0.05, 0.1) is 18.1 Å². The Kier molecular flexibility index (Phi) is 7.84. The molecule has 0 saturated carbocycles. The highest BCUT2D eigenvalue weighted by molar-refractivity contribution is 6.35. The molecule has 0 aliphatic heterocycles. The van der Waals surface area contributed by atoms with Crippen LogP contribution in [0.25, 0.3) is 0 Å². The van der Waals surface area contributed by atoms with Gasteiger partial charge in [-0.05, 0) is 29.8 Å². The number of halogens is 8. The number of furan rings is 1. The molecule has 7 nitrogen and oxygen atoms in total. The first-order valence-corrected chi connectivity index (χ1v) is 11.4. The molecule has 0 saturated heterocycles. The van der Waals surface area contributed by atoms with E-state index in [4.69, 9.17) is 50.8 Å². The summed E-state index contributed by atoms with van der Waals surface area (Å²) in [5.74, 6) is -0.915. The number of alkyl halides is 4. The van der Waals surface area contributed by atoms with Gasteiger partial charge in [-0.3, -0.25) is 14.2 Å². The zero-order chi connectivity index (χ0) is 26.1. The summed E-state index contributed by atoms with van der Waals surface area (Å²) < 4.78 is 60.2. The minimum Gasteiger partial charge on any atom is -0.454 e. The Morgan fingerprint density at radius 1 is 0.972 bits per heavy atom. The SMILES string of the molecule is O=C(Nc1nn(Cc2ccc(Cl)cc2Cl)cc1Cl)c1ccc(Cn2nc(C(F)F)c(Cl)c2C(F)F)o1. The fourth-order valence-electron chi connectivity index (χ4n) is 3.23. The lowest BCUT2D eigenvalue weighted by atomic mass is 10.2. The van der Waals surface area contributed by atoms with Crippen molar-refractivity contribution >= 4 is 58.1 Å². The molecule has 3 heterocycles. The maximum atomic E-state index is 13.3. The Bertz CT molecular complexity index is 1420. The molecule has 0 atom stereocenters. The molecule has 0 aliphatic carbocycles. The van der Waals surface area contributed by atoms with Crippen molar-refractivity contribution in [3.8, 4) is 0 Å². The third-order valence-electron chi connectivity index (χ3n) is 4.86. The molecule has 36 heavy (non-hydrogen) atoms. The Balaban J connectivity index is 1.47. The molecule has 0 radical (unpaired) electrons. The Hall–Kier alpha value is -2.73. The molecule has 190 valence electrons. The first-order valence-electron chi connectivity index (χ1n) is 9.92. The fourth-order valence-corrected chi connectivity index (χ4v) is 4.20. The first kappa shape index (κ1) is 26.3. The molecular weight excluding hydrogens is 572 g/mol. The maximum Gasteiger partial charge on any atom is 0.292 e. The maximum absolute atomic E-state index is 13.3. The third-order valence-corrected chi connectivity index (χ3v) is 6.11. The normalized spacial score (nSPS) is 11.6. The van der Waals surface area contributed by atoms with Crippen LogP contribution in [-0.2, 0) is 13.1 Å². The summed E-state index contributed by atoms with van der Waals surface area (Å²) in [6, 6.07) is 7.55. The third kappa shape index (κ3) is 5.64. The fraction of sp³-hybridized carbons (Fsp3) is 0.190. The molecule has 0 bridgehead atoms. The monoisotopic (exact) mass is 583 g/mol. The molecule has 1 aromatic carbocycles. The molecule has 0 unspecified atom stereocenters. The van der Waals surface area contributed by atoms with E-state index in [1.807, 2.05) is 0 Å². The molecule has 1 amide bonds. The Labute approximate surface area is 220 Å². The van der Waals surface area contributed by atoms with E-state index in [2.05, 4.69) is 15.5 Å². The zero-order valence-electron chi connectivity index (χ0n) is 17.7. The number of hydrogen-bond donors (Lipinski definition) is 1. The van der Waals surface area contributed by atoms with Crippen LogP contribution in [-0.4, -0.2) is 25.5 Å². The molecule has 0 spiro atoms. The van der Waals surface area contributed by atoms with Gasteiger partial charge >= 0.3 is 0 Å². The van der Waals surface area contributed by atoms with Gasteiger partial charge in [0.1, 0.15) is 22.2 Å². The highest BCUT2D eigenvalue weighted by atomic mass is 35.5. The minimum atomic E-state index is -3.16. The van der Waals surface area contributed by atoms with Crippen LogP contribution in [0, 0.1) is 0 Å². The highest BCUT2D eigenvalue weighted by Gasteiger charge is 2.28. The minimum absolute atomic E-state index is 0.00367. The predicted molar refractivity (Wildman–Crippen MR) is 126 cm³/mol. The van der Waals surface area contributed by atoms with Crippen molar-refractivity contribution in [2.45, 2.75) is 25.9 Å². The Morgan fingerprint density at radius 3 is 2.39 bits per heavy atom. The molecular formula is C21H13Cl4F4N5O2. The van der Waals surface area contributed by atoms with Crippen molar-refractivity contribution in [3.63, 3.8) is 0 Å². The van der Waals surface area contributed by atoms with E-state index in [9.17, 15) is 22.4 Å². The summed E-state index contributed by atoms with van der Waals surface area (Å²) in [5.41, 5.74) is -1.14. The van der Waals surface area contributed by atoms with Gasteiger partial charge in [0.25, 0.3) is 18.8 Å². The molecule has 1 N–H and O–H groups in total. The second-order valence-electron chi connectivity index (χ2n) is 7.32. The smallest absolute Gasteiger partial charge is 0.292 e. The van der Waals surface area contributed by atoms with Crippen LogP contribution in [0.4, 0.5) is 23.4 Å². The van der Waals surface area contributed by atoms with E-state index < -0.39 is 41.7 Å². The van der Waals surface area contributed by atoms with Gasteiger partial charge < -0.3 is 9.73 Å². The second-order valence-corrected chi connectivity index (χ2v) is 8.95. The molecule has 0 aliphatic rings. The lowest BCUT2D eigenvalue weighted by molar-refractivity contribution is 0.0993. The van der Waals surface area contributed by atoms with Gasteiger partial charge in [0.2, 0.25) is 0 Å². The number of benzene rings is 1. The van der Waals surface area contributed by atoms with Crippen molar-refractivity contribution in [2.24, 2.45) is 0 Å². The number of carbonyl (C=O) groups is 1. The van der Waals surface area contributed by atoms with Crippen LogP contribution in [0.15, 0.2) is 40.9 Å². The van der Waals surface area contributed by atoms with Crippen LogP contribution in [0.3, 0.4) is 0 Å². The summed E-state index contributed by atoms with van der Waals surface area (Å²) in [6.07, 6.45) is -4.83. The van der Waals surface area contributed by atoms with Crippen molar-refractivity contribution in [1.29, 1.82) is 0 Å². The van der Waals surface area contributed by atoms with Crippen LogP contribution >= 0.6 is 46.4 Å². The van der Waals surface area contributed by atoms with Crippen LogP contribution in [0.1, 0.15) is 46.1 Å². The van der Waals surface area contributed by atoms with Crippen LogP contribution < -0.4 is 5.32 Å². The number of carbonyl (C=O) groups excluding carboxylic acids is 1. The number of nitrogens with one attached hydrogen (secondary N) is 1. The molecule has 15 heteroatoms. The molecule has 4 aromatic rings. The first-order chi connectivity index (χ1) is 17.0. The number of amides is 1. The quantitative estimate of drug-likeness (QED) is 0.217. The van der Waals surface area contributed by atoms with Crippen molar-refractivity contribution in [3.05, 3.63) is 85.1 Å². The second kappa shape index (κ2) is 10.7. The topological polar surface area (TPSA) is 77.9 Å². The number of nitrogens with zero attached hydrogens (tertiary/aromatic N) is 4. The van der Waals surface area contributed by atoms with Gasteiger partial charge in [-0.2, -0.15) is 10.2 Å². The number of hydrogen-bond acceptors (Lipinski definition) is 4. The zero-order valence-corrected chi connectivity index (χ0v) is 20.7. The molecule has 3 aromatic heterocycles. The largest absolute Gasteiger partial charge is 0.454 e. The number of anilines is 1. The van der Waals surface area contributed by atoms with E-state index in [-0.39, 0.29) is 28.9 Å². The van der Waals surface area contributed by atoms with Crippen molar-refractivity contribution in [2.75, 3.05) is 5.32 Å². The van der Waals surface area contributed by atoms with E-state index in [1.54, 1.807) is 18.2 Å².